The van der Waals surface area contributed by atoms with Gasteiger partial charge in [-0.2, -0.15) is 0 Å². The first kappa shape index (κ1) is 50.4. The second-order valence-corrected chi connectivity index (χ2v) is 17.3. The van der Waals surface area contributed by atoms with E-state index in [9.17, 15) is 43.5 Å². The molecule has 4 atom stereocenters. The molecule has 2 aromatic heterocycles. The van der Waals surface area contributed by atoms with Crippen LogP contribution in [0.3, 0.4) is 0 Å². The Labute approximate surface area is 395 Å². The first-order chi connectivity index (χ1) is 32.9. The van der Waals surface area contributed by atoms with E-state index in [0.29, 0.717) is 45.9 Å². The van der Waals surface area contributed by atoms with Crippen molar-refractivity contribution in [2.24, 2.45) is 0 Å². The quantitative estimate of drug-likeness (QED) is 0.0243. The van der Waals surface area contributed by atoms with Gasteiger partial charge in [-0.25, -0.2) is 19.0 Å². The lowest BCUT2D eigenvalue weighted by molar-refractivity contribution is -0.198. The number of imide groups is 1. The SMILES string of the molecule is C=C(C)[C@@H](NC(=O)CCOCCOCCC(=O)ON1C(=O)CCC1=O)C(=O)N[C@H](C)C(=O)NCCOCNC1CCc2c(C)c(F)cc3nc4c(c1c23)Cn1c-4cc2c(c1=O)COC(=O)[C@]2(O)CC. The van der Waals surface area contributed by atoms with Gasteiger partial charge >= 0.3 is 11.9 Å². The van der Waals surface area contributed by atoms with E-state index in [1.807, 2.05) is 0 Å². The van der Waals surface area contributed by atoms with Gasteiger partial charge in [0.1, 0.15) is 24.5 Å². The van der Waals surface area contributed by atoms with E-state index < -0.39 is 70.5 Å². The molecule has 1 saturated heterocycles. The number of aliphatic hydroxyl groups is 1. The van der Waals surface area contributed by atoms with Crippen molar-refractivity contribution in [3.05, 3.63) is 73.8 Å². The van der Waals surface area contributed by atoms with Gasteiger partial charge < -0.3 is 49.4 Å². The van der Waals surface area contributed by atoms with E-state index in [-0.39, 0.29) is 109 Å². The molecule has 1 unspecified atom stereocenters. The van der Waals surface area contributed by atoms with E-state index in [0.717, 1.165) is 22.1 Å². The minimum absolute atomic E-state index is 0.00571. The number of rotatable bonds is 22. The molecule has 5 amide bonds. The number of nitrogens with zero attached hydrogens (tertiary/aromatic N) is 3. The highest BCUT2D eigenvalue weighted by Gasteiger charge is 2.46. The second kappa shape index (κ2) is 21.5. The molecule has 0 radical (unpaired) electrons. The molecule has 1 aliphatic carbocycles. The van der Waals surface area contributed by atoms with E-state index in [4.69, 9.17) is 28.8 Å². The molecule has 3 aliphatic heterocycles. The summed E-state index contributed by atoms with van der Waals surface area (Å²) in [6.45, 7) is 10.5. The normalized spacial score (nSPS) is 18.8. The molecule has 1 fully saturated rings. The van der Waals surface area contributed by atoms with Gasteiger partial charge in [0.25, 0.3) is 17.4 Å². The van der Waals surface area contributed by atoms with Crippen LogP contribution in [-0.2, 0) is 82.5 Å². The number of aromatic nitrogens is 2. The predicted octanol–water partition coefficient (Wildman–Crippen LogP) is 1.18. The van der Waals surface area contributed by atoms with E-state index in [1.165, 1.54) is 13.0 Å². The maximum Gasteiger partial charge on any atom is 0.343 e. The third kappa shape index (κ3) is 10.6. The first-order valence-electron chi connectivity index (χ1n) is 22.8. The summed E-state index contributed by atoms with van der Waals surface area (Å²) in [5.41, 5.74) is 2.56. The standard InChI is InChI=1S/C47H56FN7O14/c1-6-47(64)30-19-34-42-28(21-54(34)45(62)29(30)22-68-46(47)63)40-32(8-7-27-25(4)31(48)20-33(52-42)39(27)40)50-23-67-16-13-49-43(60)26(5)51-44(61)41(24(2)3)53-35(56)11-14-65-17-18-66-15-12-38(59)69-55-36(57)9-10-37(55)58/h19-20,26,32,41,50,64H,2,6-18,21-23H2,1,3-5H3,(H,49,60)(H,51,61)(H,53,56)/t26-,32?,41-,47+/m1/s1. The average Bonchev–Trinajstić information content (AvgIpc) is 3.85. The van der Waals surface area contributed by atoms with Crippen molar-refractivity contribution in [3.8, 4) is 11.4 Å². The number of amides is 5. The number of carbonyl (C=O) groups excluding carboxylic acids is 7. The number of hydrogen-bond acceptors (Lipinski definition) is 16. The molecule has 5 heterocycles. The fourth-order valence-electron chi connectivity index (χ4n) is 8.85. The fourth-order valence-corrected chi connectivity index (χ4v) is 8.85. The summed E-state index contributed by atoms with van der Waals surface area (Å²) < 4.78 is 38.6. The highest BCUT2D eigenvalue weighted by Crippen LogP contribution is 2.46. The van der Waals surface area contributed by atoms with Crippen molar-refractivity contribution in [2.75, 3.05) is 46.3 Å². The highest BCUT2D eigenvalue weighted by atomic mass is 19.1. The van der Waals surface area contributed by atoms with Crippen LogP contribution >= 0.6 is 0 Å². The molecule has 0 saturated carbocycles. The lowest BCUT2D eigenvalue weighted by Crippen LogP contribution is -2.53. The molecular formula is C47H56FN7O14. The van der Waals surface area contributed by atoms with Crippen molar-refractivity contribution in [2.45, 2.75) is 110 Å². The van der Waals surface area contributed by atoms with Gasteiger partial charge in [-0.3, -0.25) is 34.1 Å². The minimum Gasteiger partial charge on any atom is -0.458 e. The lowest BCUT2D eigenvalue weighted by Gasteiger charge is -2.31. The fraction of sp³-hybridized carbons (Fsp3) is 0.511. The van der Waals surface area contributed by atoms with Gasteiger partial charge in [0.05, 0.1) is 75.2 Å². The molecular weight excluding hydrogens is 906 g/mol. The molecule has 7 rings (SSSR count). The maximum absolute atomic E-state index is 15.3. The van der Waals surface area contributed by atoms with E-state index in [1.54, 1.807) is 31.4 Å². The number of carbonyl (C=O) groups is 7. The molecule has 21 nitrogen and oxygen atoms in total. The van der Waals surface area contributed by atoms with Crippen LogP contribution in [0.2, 0.25) is 0 Å². The van der Waals surface area contributed by atoms with E-state index >= 15 is 4.39 Å². The highest BCUT2D eigenvalue weighted by molar-refractivity contribution is 6.01. The smallest absolute Gasteiger partial charge is 0.343 e. The maximum atomic E-state index is 15.3. The van der Waals surface area contributed by atoms with Crippen LogP contribution in [0.25, 0.3) is 22.3 Å². The van der Waals surface area contributed by atoms with Crippen molar-refractivity contribution in [1.29, 1.82) is 0 Å². The zero-order valence-electron chi connectivity index (χ0n) is 38.9. The van der Waals surface area contributed by atoms with Gasteiger partial charge in [0.2, 0.25) is 17.7 Å². The third-order valence-corrected chi connectivity index (χ3v) is 12.7. The molecule has 370 valence electrons. The largest absolute Gasteiger partial charge is 0.458 e. The van der Waals surface area contributed by atoms with Gasteiger partial charge in [-0.1, -0.05) is 13.5 Å². The molecule has 0 spiro atoms. The number of ether oxygens (including phenoxy) is 4. The Balaban J connectivity index is 0.850. The van der Waals surface area contributed by atoms with E-state index in [2.05, 4.69) is 27.8 Å². The molecule has 1 aromatic carbocycles. The molecule has 3 aromatic rings. The third-order valence-electron chi connectivity index (χ3n) is 12.7. The summed E-state index contributed by atoms with van der Waals surface area (Å²) >= 11 is 0. The Bertz CT molecular complexity index is 2650. The van der Waals surface area contributed by atoms with Crippen LogP contribution in [0.4, 0.5) is 4.39 Å². The summed E-state index contributed by atoms with van der Waals surface area (Å²) in [5.74, 6) is -4.82. The average molecular weight is 962 g/mol. The summed E-state index contributed by atoms with van der Waals surface area (Å²) in [4.78, 5) is 110. The predicted molar refractivity (Wildman–Crippen MR) is 240 cm³/mol. The number of fused-ring (bicyclic) bond motifs is 5. The second-order valence-electron chi connectivity index (χ2n) is 17.3. The summed E-state index contributed by atoms with van der Waals surface area (Å²) in [6.07, 6.45) is 0.817. The van der Waals surface area contributed by atoms with Crippen molar-refractivity contribution >= 4 is 52.4 Å². The Morgan fingerprint density at radius 3 is 2.36 bits per heavy atom. The van der Waals surface area contributed by atoms with Crippen LogP contribution in [0.15, 0.2) is 29.1 Å². The number of cyclic esters (lactones) is 1. The van der Waals surface area contributed by atoms with Gasteiger partial charge in [0.15, 0.2) is 5.60 Å². The molecule has 69 heavy (non-hydrogen) atoms. The summed E-state index contributed by atoms with van der Waals surface area (Å²) in [5, 5.41) is 23.9. The minimum atomic E-state index is -2.00. The van der Waals surface area contributed by atoms with Crippen molar-refractivity contribution < 1.29 is 66.8 Å². The Morgan fingerprint density at radius 1 is 0.957 bits per heavy atom. The number of benzene rings is 1. The lowest BCUT2D eigenvalue weighted by atomic mass is 9.81. The molecule has 0 bridgehead atoms. The monoisotopic (exact) mass is 961 g/mol. The number of hydroxylamine groups is 2. The Kier molecular flexibility index (Phi) is 15.7. The molecule has 22 heteroatoms. The number of hydrogen-bond donors (Lipinski definition) is 5. The number of esters is 1. The number of nitrogens with one attached hydrogen (secondary N) is 4. The molecule has 4 aliphatic rings. The van der Waals surface area contributed by atoms with Crippen LogP contribution in [0.5, 0.6) is 0 Å². The number of halogens is 1. The van der Waals surface area contributed by atoms with Crippen LogP contribution in [0, 0.1) is 12.7 Å². The van der Waals surface area contributed by atoms with Crippen LogP contribution in [-0.4, -0.2) is 120 Å². The van der Waals surface area contributed by atoms with Gasteiger partial charge in [-0.15, -0.1) is 5.06 Å². The van der Waals surface area contributed by atoms with Gasteiger partial charge in [0, 0.05) is 54.4 Å². The Hall–Kier alpha value is -6.46. The number of pyridine rings is 2. The van der Waals surface area contributed by atoms with Crippen LogP contribution < -0.4 is 26.8 Å². The number of aryl methyl sites for hydroxylation is 1. The summed E-state index contributed by atoms with van der Waals surface area (Å²) in [6, 6.07) is 0.606. The zero-order valence-corrected chi connectivity index (χ0v) is 38.9. The van der Waals surface area contributed by atoms with Crippen molar-refractivity contribution in [3.63, 3.8) is 0 Å². The Morgan fingerprint density at radius 2 is 1.67 bits per heavy atom. The first-order valence-corrected chi connectivity index (χ1v) is 22.8. The zero-order chi connectivity index (χ0) is 49.7. The molecule has 5 N–H and O–H groups in total. The van der Waals surface area contributed by atoms with Crippen LogP contribution in [0.1, 0.15) is 98.7 Å². The van der Waals surface area contributed by atoms with Crippen molar-refractivity contribution in [1.82, 2.24) is 35.9 Å². The summed E-state index contributed by atoms with van der Waals surface area (Å²) in [7, 11) is 0. The van der Waals surface area contributed by atoms with Gasteiger partial charge in [-0.05, 0) is 68.4 Å². The topological polar surface area (TPSA) is 272 Å².